The third kappa shape index (κ3) is 3.02. The van der Waals surface area contributed by atoms with E-state index in [-0.39, 0.29) is 11.7 Å². The average molecular weight is 285 g/mol. The maximum atomic E-state index is 13.3. The van der Waals surface area contributed by atoms with Crippen molar-refractivity contribution in [3.8, 4) is 0 Å². The number of hydrogen-bond donors (Lipinski definition) is 0. The molecule has 0 aliphatic carbocycles. The van der Waals surface area contributed by atoms with Crippen LogP contribution in [0.5, 0.6) is 0 Å². The quantitative estimate of drug-likeness (QED) is 0.848. The SMILES string of the molecule is O=C(c1cccnc1)N1CCN(c2cccc(F)c2)CC1. The minimum absolute atomic E-state index is 0.00184. The molecule has 0 saturated carbocycles. The summed E-state index contributed by atoms with van der Waals surface area (Å²) in [5.41, 5.74) is 1.47. The van der Waals surface area contributed by atoms with Crippen LogP contribution in [-0.4, -0.2) is 42.0 Å². The van der Waals surface area contributed by atoms with Gasteiger partial charge in [0, 0.05) is 44.3 Å². The van der Waals surface area contributed by atoms with E-state index in [0.29, 0.717) is 31.7 Å². The number of nitrogens with zero attached hydrogens (tertiary/aromatic N) is 3. The van der Waals surface area contributed by atoms with E-state index in [1.54, 1.807) is 30.6 Å². The first-order valence-corrected chi connectivity index (χ1v) is 6.94. The molecule has 1 fully saturated rings. The number of anilines is 1. The lowest BCUT2D eigenvalue weighted by molar-refractivity contribution is 0.0746. The Morgan fingerprint density at radius 1 is 1.10 bits per heavy atom. The Balaban J connectivity index is 1.64. The number of amides is 1. The summed E-state index contributed by atoms with van der Waals surface area (Å²) in [6.07, 6.45) is 3.24. The van der Waals surface area contributed by atoms with Crippen molar-refractivity contribution in [2.45, 2.75) is 0 Å². The fourth-order valence-corrected chi connectivity index (χ4v) is 2.51. The highest BCUT2D eigenvalue weighted by Crippen LogP contribution is 2.18. The molecule has 1 aliphatic heterocycles. The largest absolute Gasteiger partial charge is 0.368 e. The zero-order valence-electron chi connectivity index (χ0n) is 11.6. The lowest BCUT2D eigenvalue weighted by atomic mass is 10.2. The van der Waals surface area contributed by atoms with Gasteiger partial charge in [0.15, 0.2) is 0 Å². The lowest BCUT2D eigenvalue weighted by Gasteiger charge is -2.36. The fourth-order valence-electron chi connectivity index (χ4n) is 2.51. The number of hydrogen-bond acceptors (Lipinski definition) is 3. The fraction of sp³-hybridized carbons (Fsp3) is 0.250. The second-order valence-corrected chi connectivity index (χ2v) is 5.00. The Morgan fingerprint density at radius 2 is 1.90 bits per heavy atom. The van der Waals surface area contributed by atoms with E-state index in [4.69, 9.17) is 0 Å². The zero-order valence-corrected chi connectivity index (χ0v) is 11.6. The van der Waals surface area contributed by atoms with E-state index >= 15 is 0 Å². The Hall–Kier alpha value is -2.43. The molecule has 0 radical (unpaired) electrons. The number of halogens is 1. The van der Waals surface area contributed by atoms with Crippen molar-refractivity contribution in [2.75, 3.05) is 31.1 Å². The van der Waals surface area contributed by atoms with E-state index in [2.05, 4.69) is 9.88 Å². The summed E-state index contributed by atoms with van der Waals surface area (Å²) in [4.78, 5) is 20.2. The first kappa shape index (κ1) is 13.5. The second kappa shape index (κ2) is 5.91. The van der Waals surface area contributed by atoms with Crippen molar-refractivity contribution < 1.29 is 9.18 Å². The third-order valence-corrected chi connectivity index (χ3v) is 3.65. The van der Waals surface area contributed by atoms with Gasteiger partial charge in [0.05, 0.1) is 5.56 Å². The first-order valence-electron chi connectivity index (χ1n) is 6.94. The molecule has 21 heavy (non-hydrogen) atoms. The van der Waals surface area contributed by atoms with Crippen LogP contribution >= 0.6 is 0 Å². The van der Waals surface area contributed by atoms with Crippen LogP contribution in [0.25, 0.3) is 0 Å². The molecule has 0 N–H and O–H groups in total. The number of aromatic nitrogens is 1. The molecule has 108 valence electrons. The molecule has 0 atom stereocenters. The normalized spacial score (nSPS) is 15.1. The summed E-state index contributed by atoms with van der Waals surface area (Å²) in [5, 5.41) is 0. The van der Waals surface area contributed by atoms with Gasteiger partial charge in [-0.05, 0) is 30.3 Å². The number of piperazine rings is 1. The number of pyridine rings is 1. The molecule has 1 aromatic carbocycles. The van der Waals surface area contributed by atoms with Gasteiger partial charge in [0.1, 0.15) is 5.82 Å². The van der Waals surface area contributed by atoms with Crippen LogP contribution in [0, 0.1) is 5.82 Å². The second-order valence-electron chi connectivity index (χ2n) is 5.00. The van der Waals surface area contributed by atoms with Gasteiger partial charge in [-0.25, -0.2) is 4.39 Å². The molecule has 2 aromatic rings. The molecule has 1 aliphatic rings. The molecule has 3 rings (SSSR count). The molecule has 2 heterocycles. The molecular weight excluding hydrogens is 269 g/mol. The van der Waals surface area contributed by atoms with E-state index in [9.17, 15) is 9.18 Å². The maximum Gasteiger partial charge on any atom is 0.255 e. The molecule has 0 unspecified atom stereocenters. The van der Waals surface area contributed by atoms with E-state index < -0.39 is 0 Å². The summed E-state index contributed by atoms with van der Waals surface area (Å²) < 4.78 is 13.3. The molecule has 4 nitrogen and oxygen atoms in total. The molecule has 1 aromatic heterocycles. The van der Waals surface area contributed by atoms with Crippen molar-refractivity contribution >= 4 is 11.6 Å². The van der Waals surface area contributed by atoms with E-state index in [0.717, 1.165) is 5.69 Å². The zero-order chi connectivity index (χ0) is 14.7. The van der Waals surface area contributed by atoms with Gasteiger partial charge in [0.2, 0.25) is 0 Å². The Morgan fingerprint density at radius 3 is 2.57 bits per heavy atom. The van der Waals surface area contributed by atoms with Gasteiger partial charge in [-0.1, -0.05) is 6.07 Å². The minimum atomic E-state index is -0.235. The maximum absolute atomic E-state index is 13.3. The van der Waals surface area contributed by atoms with Crippen molar-refractivity contribution in [2.24, 2.45) is 0 Å². The van der Waals surface area contributed by atoms with Gasteiger partial charge in [-0.15, -0.1) is 0 Å². The Bertz CT molecular complexity index is 624. The topological polar surface area (TPSA) is 36.4 Å². The number of benzene rings is 1. The lowest BCUT2D eigenvalue weighted by Crippen LogP contribution is -2.48. The average Bonchev–Trinajstić information content (AvgIpc) is 2.55. The summed E-state index contributed by atoms with van der Waals surface area (Å²) >= 11 is 0. The van der Waals surface area contributed by atoms with Crippen molar-refractivity contribution in [1.82, 2.24) is 9.88 Å². The summed E-state index contributed by atoms with van der Waals surface area (Å²) in [7, 11) is 0. The predicted octanol–water partition coefficient (Wildman–Crippen LogP) is 2.18. The molecular formula is C16H16FN3O. The monoisotopic (exact) mass is 285 g/mol. The van der Waals surface area contributed by atoms with Gasteiger partial charge < -0.3 is 9.80 Å². The summed E-state index contributed by atoms with van der Waals surface area (Å²) in [5.74, 6) is -0.233. The highest BCUT2D eigenvalue weighted by molar-refractivity contribution is 5.94. The number of carbonyl (C=O) groups is 1. The summed E-state index contributed by atoms with van der Waals surface area (Å²) in [6, 6.07) is 10.1. The Kier molecular flexibility index (Phi) is 3.81. The van der Waals surface area contributed by atoms with Gasteiger partial charge in [0.25, 0.3) is 5.91 Å². The van der Waals surface area contributed by atoms with Gasteiger partial charge in [-0.2, -0.15) is 0 Å². The highest BCUT2D eigenvalue weighted by Gasteiger charge is 2.22. The van der Waals surface area contributed by atoms with Crippen LogP contribution < -0.4 is 4.90 Å². The molecule has 5 heteroatoms. The standard InChI is InChI=1S/C16H16FN3O/c17-14-4-1-5-15(11-14)19-7-9-20(10-8-19)16(21)13-3-2-6-18-12-13/h1-6,11-12H,7-10H2. The Labute approximate surface area is 122 Å². The van der Waals surface area contributed by atoms with E-state index in [1.165, 1.54) is 12.1 Å². The van der Waals surface area contributed by atoms with Crippen LogP contribution in [-0.2, 0) is 0 Å². The van der Waals surface area contributed by atoms with Crippen LogP contribution in [0.3, 0.4) is 0 Å². The molecule has 0 spiro atoms. The molecule has 1 saturated heterocycles. The van der Waals surface area contributed by atoms with Crippen molar-refractivity contribution in [3.63, 3.8) is 0 Å². The number of rotatable bonds is 2. The highest BCUT2D eigenvalue weighted by atomic mass is 19.1. The number of carbonyl (C=O) groups excluding carboxylic acids is 1. The van der Waals surface area contributed by atoms with E-state index in [1.807, 2.05) is 11.0 Å². The third-order valence-electron chi connectivity index (χ3n) is 3.65. The van der Waals surface area contributed by atoms with Crippen molar-refractivity contribution in [1.29, 1.82) is 0 Å². The van der Waals surface area contributed by atoms with Gasteiger partial charge in [-0.3, -0.25) is 9.78 Å². The van der Waals surface area contributed by atoms with Crippen LogP contribution in [0.4, 0.5) is 10.1 Å². The van der Waals surface area contributed by atoms with Crippen LogP contribution in [0.1, 0.15) is 10.4 Å². The molecule has 1 amide bonds. The molecule has 0 bridgehead atoms. The van der Waals surface area contributed by atoms with Crippen molar-refractivity contribution in [3.05, 3.63) is 60.2 Å². The van der Waals surface area contributed by atoms with Crippen LogP contribution in [0.2, 0.25) is 0 Å². The smallest absolute Gasteiger partial charge is 0.255 e. The van der Waals surface area contributed by atoms with Gasteiger partial charge >= 0.3 is 0 Å². The first-order chi connectivity index (χ1) is 10.2. The predicted molar refractivity (Wildman–Crippen MR) is 78.8 cm³/mol. The minimum Gasteiger partial charge on any atom is -0.368 e. The summed E-state index contributed by atoms with van der Waals surface area (Å²) in [6.45, 7) is 2.67. The van der Waals surface area contributed by atoms with Crippen LogP contribution in [0.15, 0.2) is 48.8 Å².